The summed E-state index contributed by atoms with van der Waals surface area (Å²) in [5.74, 6) is -2.00. The molecule has 0 N–H and O–H groups in total. The lowest BCUT2D eigenvalue weighted by Crippen LogP contribution is -2.43. The van der Waals surface area contributed by atoms with Gasteiger partial charge in [0.15, 0.2) is 4.90 Å². The van der Waals surface area contributed by atoms with E-state index in [1.54, 1.807) is 6.92 Å². The third-order valence-electron chi connectivity index (χ3n) is 3.73. The molecule has 0 aromatic heterocycles. The van der Waals surface area contributed by atoms with Gasteiger partial charge in [-0.15, -0.1) is 0 Å². The first-order valence-electron chi connectivity index (χ1n) is 6.74. The van der Waals surface area contributed by atoms with Crippen LogP contribution in [0.15, 0.2) is 23.1 Å². The summed E-state index contributed by atoms with van der Waals surface area (Å²) in [6, 6.07) is 2.67. The quantitative estimate of drug-likeness (QED) is 0.838. The minimum absolute atomic E-state index is 0.0696. The van der Waals surface area contributed by atoms with E-state index in [4.69, 9.17) is 0 Å². The van der Waals surface area contributed by atoms with Gasteiger partial charge in [0.05, 0.1) is 0 Å². The Morgan fingerprint density at radius 1 is 1.15 bits per heavy atom. The fourth-order valence-corrected chi connectivity index (χ4v) is 4.33. The van der Waals surface area contributed by atoms with Crippen LogP contribution < -0.4 is 0 Å². The first-order chi connectivity index (χ1) is 9.26. The highest BCUT2D eigenvalue weighted by Gasteiger charge is 2.43. The van der Waals surface area contributed by atoms with Crippen LogP contribution in [0.2, 0.25) is 0 Å². The van der Waals surface area contributed by atoms with Gasteiger partial charge in [0.1, 0.15) is 11.6 Å². The Balaban J connectivity index is 2.52. The molecule has 6 heteroatoms. The average molecular weight is 303 g/mol. The summed E-state index contributed by atoms with van der Waals surface area (Å²) in [7, 11) is -4.16. The molecule has 1 saturated carbocycles. The van der Waals surface area contributed by atoms with Gasteiger partial charge in [-0.1, -0.05) is 19.9 Å². The predicted molar refractivity (Wildman–Crippen MR) is 72.7 cm³/mol. The zero-order chi connectivity index (χ0) is 15.1. The van der Waals surface area contributed by atoms with Crippen LogP contribution >= 0.6 is 0 Å². The van der Waals surface area contributed by atoms with Crippen molar-refractivity contribution in [3.8, 4) is 0 Å². The Hall–Kier alpha value is -1.01. The zero-order valence-corrected chi connectivity index (χ0v) is 12.6. The standard InChI is InChI=1S/C14H19F2NO2S/c1-9(2)10(3)17(11-7-8-11)20(18,19)14-12(15)5-4-6-13(14)16/h4-6,9-11H,7-8H2,1-3H3. The molecule has 0 heterocycles. The molecule has 1 unspecified atom stereocenters. The lowest BCUT2D eigenvalue weighted by molar-refractivity contribution is 0.267. The van der Waals surface area contributed by atoms with E-state index in [9.17, 15) is 17.2 Å². The molecule has 1 aromatic rings. The Morgan fingerprint density at radius 2 is 1.65 bits per heavy atom. The molecular weight excluding hydrogens is 284 g/mol. The van der Waals surface area contributed by atoms with Crippen LogP contribution in [0.5, 0.6) is 0 Å². The van der Waals surface area contributed by atoms with Crippen LogP contribution in [0.4, 0.5) is 8.78 Å². The largest absolute Gasteiger partial charge is 0.249 e. The molecule has 1 aliphatic carbocycles. The fraction of sp³-hybridized carbons (Fsp3) is 0.571. The van der Waals surface area contributed by atoms with E-state index >= 15 is 0 Å². The molecule has 20 heavy (non-hydrogen) atoms. The van der Waals surface area contributed by atoms with E-state index in [1.165, 1.54) is 4.31 Å². The first kappa shape index (κ1) is 15.4. The number of sulfonamides is 1. The van der Waals surface area contributed by atoms with Crippen LogP contribution in [0.1, 0.15) is 33.6 Å². The Kier molecular flexibility index (Phi) is 4.16. The number of halogens is 2. The summed E-state index contributed by atoms with van der Waals surface area (Å²) in [5.41, 5.74) is 0. The summed E-state index contributed by atoms with van der Waals surface area (Å²) in [6.07, 6.45) is 1.48. The molecule has 2 rings (SSSR count). The van der Waals surface area contributed by atoms with Crippen LogP contribution in [0, 0.1) is 17.6 Å². The molecule has 1 fully saturated rings. The number of hydrogen-bond donors (Lipinski definition) is 0. The van der Waals surface area contributed by atoms with Gasteiger partial charge in [0, 0.05) is 12.1 Å². The van der Waals surface area contributed by atoms with E-state index < -0.39 is 26.6 Å². The van der Waals surface area contributed by atoms with E-state index in [2.05, 4.69) is 0 Å². The van der Waals surface area contributed by atoms with Gasteiger partial charge in [-0.2, -0.15) is 4.31 Å². The molecule has 0 saturated heterocycles. The minimum Gasteiger partial charge on any atom is -0.207 e. The maximum Gasteiger partial charge on any atom is 0.249 e. The molecule has 0 bridgehead atoms. The number of hydrogen-bond acceptors (Lipinski definition) is 2. The Bertz CT molecular complexity index is 577. The first-order valence-corrected chi connectivity index (χ1v) is 8.18. The normalized spacial score (nSPS) is 17.8. The van der Waals surface area contributed by atoms with Crippen LogP contribution in [-0.2, 0) is 10.0 Å². The molecule has 1 aliphatic rings. The van der Waals surface area contributed by atoms with E-state index in [0.717, 1.165) is 31.0 Å². The zero-order valence-electron chi connectivity index (χ0n) is 11.8. The van der Waals surface area contributed by atoms with Gasteiger partial charge in [-0.25, -0.2) is 17.2 Å². The van der Waals surface area contributed by atoms with Crippen molar-refractivity contribution in [1.82, 2.24) is 4.31 Å². The summed E-state index contributed by atoms with van der Waals surface area (Å²) < 4.78 is 54.2. The molecule has 112 valence electrons. The maximum atomic E-state index is 13.8. The van der Waals surface area contributed by atoms with Crippen molar-refractivity contribution in [2.75, 3.05) is 0 Å². The summed E-state index contributed by atoms with van der Waals surface area (Å²) in [5, 5.41) is 0. The average Bonchev–Trinajstić information content (AvgIpc) is 3.12. The Morgan fingerprint density at radius 3 is 2.05 bits per heavy atom. The topological polar surface area (TPSA) is 37.4 Å². The number of benzene rings is 1. The smallest absolute Gasteiger partial charge is 0.207 e. The van der Waals surface area contributed by atoms with Crippen molar-refractivity contribution in [2.45, 2.75) is 50.6 Å². The lowest BCUT2D eigenvalue weighted by atomic mass is 10.1. The van der Waals surface area contributed by atoms with Crippen molar-refractivity contribution in [3.05, 3.63) is 29.8 Å². The third-order valence-corrected chi connectivity index (χ3v) is 5.82. The SMILES string of the molecule is CC(C)C(C)N(C1CC1)S(=O)(=O)c1c(F)cccc1F. The van der Waals surface area contributed by atoms with Crippen LogP contribution in [0.25, 0.3) is 0 Å². The molecule has 0 amide bonds. The molecule has 0 radical (unpaired) electrons. The highest BCUT2D eigenvalue weighted by Crippen LogP contribution is 2.36. The van der Waals surface area contributed by atoms with Crippen molar-refractivity contribution in [1.29, 1.82) is 0 Å². The second kappa shape index (κ2) is 5.41. The predicted octanol–water partition coefficient (Wildman–Crippen LogP) is 3.16. The van der Waals surface area contributed by atoms with Crippen LogP contribution in [-0.4, -0.2) is 24.8 Å². The van der Waals surface area contributed by atoms with E-state index in [-0.39, 0.29) is 18.0 Å². The Labute approximate surface area is 118 Å². The van der Waals surface area contributed by atoms with Gasteiger partial charge in [-0.05, 0) is 37.8 Å². The minimum atomic E-state index is -4.16. The van der Waals surface area contributed by atoms with Gasteiger partial charge in [0.25, 0.3) is 0 Å². The number of nitrogens with zero attached hydrogens (tertiary/aromatic N) is 1. The van der Waals surface area contributed by atoms with E-state index in [1.807, 2.05) is 13.8 Å². The third kappa shape index (κ3) is 2.72. The second-order valence-corrected chi connectivity index (χ2v) is 7.38. The van der Waals surface area contributed by atoms with Crippen LogP contribution in [0.3, 0.4) is 0 Å². The van der Waals surface area contributed by atoms with Gasteiger partial charge in [0.2, 0.25) is 10.0 Å². The fourth-order valence-electron chi connectivity index (χ4n) is 2.20. The van der Waals surface area contributed by atoms with Crippen molar-refractivity contribution in [2.24, 2.45) is 5.92 Å². The van der Waals surface area contributed by atoms with Gasteiger partial charge >= 0.3 is 0 Å². The van der Waals surface area contributed by atoms with Crippen molar-refractivity contribution in [3.63, 3.8) is 0 Å². The molecule has 0 aliphatic heterocycles. The highest BCUT2D eigenvalue weighted by molar-refractivity contribution is 7.89. The molecule has 1 aromatic carbocycles. The second-order valence-electron chi connectivity index (χ2n) is 5.60. The lowest BCUT2D eigenvalue weighted by Gasteiger charge is -2.31. The monoisotopic (exact) mass is 303 g/mol. The van der Waals surface area contributed by atoms with Gasteiger partial charge < -0.3 is 0 Å². The van der Waals surface area contributed by atoms with E-state index in [0.29, 0.717) is 0 Å². The number of rotatable bonds is 5. The molecule has 1 atom stereocenters. The molecular formula is C14H19F2NO2S. The highest BCUT2D eigenvalue weighted by atomic mass is 32.2. The molecule has 3 nitrogen and oxygen atoms in total. The maximum absolute atomic E-state index is 13.8. The summed E-state index contributed by atoms with van der Waals surface area (Å²) in [6.45, 7) is 5.57. The molecule has 0 spiro atoms. The summed E-state index contributed by atoms with van der Waals surface area (Å²) in [4.78, 5) is -0.834. The van der Waals surface area contributed by atoms with Crippen molar-refractivity contribution < 1.29 is 17.2 Å². The van der Waals surface area contributed by atoms with Gasteiger partial charge in [-0.3, -0.25) is 0 Å². The summed E-state index contributed by atoms with van der Waals surface area (Å²) >= 11 is 0. The van der Waals surface area contributed by atoms with Crippen molar-refractivity contribution >= 4 is 10.0 Å².